The number of aliphatic hydroxyl groups excluding tert-OH is 1. The lowest BCUT2D eigenvalue weighted by atomic mass is 9.85. The summed E-state index contributed by atoms with van der Waals surface area (Å²) in [5.74, 6) is 1.10. The van der Waals surface area contributed by atoms with Gasteiger partial charge in [0.15, 0.2) is 0 Å². The Labute approximate surface area is 98.5 Å². The molecule has 1 aliphatic rings. The number of hydrogen-bond donors (Lipinski definition) is 1. The molecule has 1 aliphatic carbocycles. The largest absolute Gasteiger partial charge is 0.396 e. The van der Waals surface area contributed by atoms with Crippen LogP contribution in [0.15, 0.2) is 24.3 Å². The van der Waals surface area contributed by atoms with E-state index in [-0.39, 0.29) is 5.41 Å². The lowest BCUT2D eigenvalue weighted by Gasteiger charge is -2.20. The molecule has 1 heteroatoms. The van der Waals surface area contributed by atoms with Gasteiger partial charge >= 0.3 is 0 Å². The molecule has 1 unspecified atom stereocenters. The Balaban J connectivity index is 2.18. The molecule has 1 atom stereocenters. The Hall–Kier alpha value is -0.820. The minimum atomic E-state index is 0.215. The molecule has 1 nitrogen and oxygen atoms in total. The van der Waals surface area contributed by atoms with Crippen LogP contribution in [-0.2, 0) is 5.41 Å². The second kappa shape index (κ2) is 4.21. The molecule has 1 aromatic rings. The van der Waals surface area contributed by atoms with Gasteiger partial charge in [-0.1, -0.05) is 45.0 Å². The molecule has 1 saturated carbocycles. The quantitative estimate of drug-likeness (QED) is 0.823. The Kier molecular flexibility index (Phi) is 3.07. The lowest BCUT2D eigenvalue weighted by molar-refractivity contribution is 0.253. The molecule has 0 aliphatic heterocycles. The molecule has 0 radical (unpaired) electrons. The summed E-state index contributed by atoms with van der Waals surface area (Å²) in [5.41, 5.74) is 2.88. The first-order valence-electron chi connectivity index (χ1n) is 6.23. The standard InChI is InChI=1S/C15H22O/c1-15(2,3)13-8-6-12(7-9-13)14(10-16)11-4-5-11/h6-9,11,14,16H,4-5,10H2,1-3H3. The summed E-state index contributed by atoms with van der Waals surface area (Å²) in [7, 11) is 0. The smallest absolute Gasteiger partial charge is 0.0502 e. The summed E-state index contributed by atoms with van der Waals surface area (Å²) in [6, 6.07) is 8.81. The van der Waals surface area contributed by atoms with Crippen LogP contribution < -0.4 is 0 Å². The molecule has 16 heavy (non-hydrogen) atoms. The number of benzene rings is 1. The normalized spacial score (nSPS) is 18.5. The van der Waals surface area contributed by atoms with Gasteiger partial charge in [0.25, 0.3) is 0 Å². The molecule has 88 valence electrons. The molecular formula is C15H22O. The van der Waals surface area contributed by atoms with Gasteiger partial charge in [0.2, 0.25) is 0 Å². The van der Waals surface area contributed by atoms with E-state index in [2.05, 4.69) is 45.0 Å². The van der Waals surface area contributed by atoms with Crippen molar-refractivity contribution in [2.45, 2.75) is 44.9 Å². The third-order valence-electron chi connectivity index (χ3n) is 3.59. The van der Waals surface area contributed by atoms with Crippen molar-refractivity contribution in [2.24, 2.45) is 5.92 Å². The number of rotatable bonds is 3. The van der Waals surface area contributed by atoms with Crippen LogP contribution in [0.25, 0.3) is 0 Å². The van der Waals surface area contributed by atoms with Crippen LogP contribution in [0.2, 0.25) is 0 Å². The summed E-state index contributed by atoms with van der Waals surface area (Å²) in [5, 5.41) is 9.42. The second-order valence-corrected chi connectivity index (χ2v) is 6.00. The van der Waals surface area contributed by atoms with Crippen molar-refractivity contribution in [1.82, 2.24) is 0 Å². The lowest BCUT2D eigenvalue weighted by Crippen LogP contribution is -2.12. The van der Waals surface area contributed by atoms with E-state index in [1.54, 1.807) is 0 Å². The average molecular weight is 218 g/mol. The Morgan fingerprint density at radius 3 is 2.12 bits per heavy atom. The van der Waals surface area contributed by atoms with Gasteiger partial charge in [-0.15, -0.1) is 0 Å². The zero-order valence-corrected chi connectivity index (χ0v) is 10.5. The predicted octanol–water partition coefficient (Wildman–Crippen LogP) is 3.47. The van der Waals surface area contributed by atoms with Gasteiger partial charge in [0.05, 0.1) is 6.61 Å². The van der Waals surface area contributed by atoms with E-state index in [0.29, 0.717) is 12.5 Å². The minimum Gasteiger partial charge on any atom is -0.396 e. The molecule has 2 rings (SSSR count). The van der Waals surface area contributed by atoms with Crippen molar-refractivity contribution in [2.75, 3.05) is 6.61 Å². The summed E-state index contributed by atoms with van der Waals surface area (Å²) < 4.78 is 0. The zero-order chi connectivity index (χ0) is 11.8. The highest BCUT2D eigenvalue weighted by Gasteiger charge is 2.31. The van der Waals surface area contributed by atoms with E-state index in [4.69, 9.17) is 0 Å². The van der Waals surface area contributed by atoms with E-state index in [1.807, 2.05) is 0 Å². The van der Waals surface area contributed by atoms with Crippen LogP contribution in [0, 0.1) is 5.92 Å². The van der Waals surface area contributed by atoms with Gasteiger partial charge in [0, 0.05) is 5.92 Å². The van der Waals surface area contributed by atoms with E-state index < -0.39 is 0 Å². The fraction of sp³-hybridized carbons (Fsp3) is 0.600. The molecule has 0 bridgehead atoms. The molecule has 0 saturated heterocycles. The van der Waals surface area contributed by atoms with Gasteiger partial charge < -0.3 is 5.11 Å². The first-order valence-corrected chi connectivity index (χ1v) is 6.23. The Morgan fingerprint density at radius 1 is 1.19 bits per heavy atom. The van der Waals surface area contributed by atoms with Crippen LogP contribution in [0.3, 0.4) is 0 Å². The van der Waals surface area contributed by atoms with E-state index in [0.717, 1.165) is 5.92 Å². The minimum absolute atomic E-state index is 0.215. The van der Waals surface area contributed by atoms with Crippen molar-refractivity contribution in [1.29, 1.82) is 0 Å². The molecular weight excluding hydrogens is 196 g/mol. The van der Waals surface area contributed by atoms with Crippen LogP contribution in [0.4, 0.5) is 0 Å². The summed E-state index contributed by atoms with van der Waals surface area (Å²) in [6.45, 7) is 6.98. The van der Waals surface area contributed by atoms with Crippen molar-refractivity contribution >= 4 is 0 Å². The zero-order valence-electron chi connectivity index (χ0n) is 10.5. The van der Waals surface area contributed by atoms with E-state index in [9.17, 15) is 5.11 Å². The van der Waals surface area contributed by atoms with Crippen molar-refractivity contribution in [3.8, 4) is 0 Å². The van der Waals surface area contributed by atoms with Gasteiger partial charge in [-0.2, -0.15) is 0 Å². The maximum absolute atomic E-state index is 9.42. The third-order valence-corrected chi connectivity index (χ3v) is 3.59. The highest BCUT2D eigenvalue weighted by atomic mass is 16.3. The highest BCUT2D eigenvalue weighted by molar-refractivity contribution is 5.30. The molecule has 0 heterocycles. The molecule has 0 aromatic heterocycles. The molecule has 1 aromatic carbocycles. The first kappa shape index (κ1) is 11.7. The van der Waals surface area contributed by atoms with Gasteiger partial charge in [0.1, 0.15) is 0 Å². The summed E-state index contributed by atoms with van der Waals surface area (Å²) in [6.07, 6.45) is 2.57. The van der Waals surface area contributed by atoms with Gasteiger partial charge in [-0.3, -0.25) is 0 Å². The maximum Gasteiger partial charge on any atom is 0.0502 e. The SMILES string of the molecule is CC(C)(C)c1ccc(C(CO)C2CC2)cc1. The molecule has 1 fully saturated rings. The summed E-state index contributed by atoms with van der Waals surface area (Å²) in [4.78, 5) is 0. The highest BCUT2D eigenvalue weighted by Crippen LogP contribution is 2.42. The van der Waals surface area contributed by atoms with Crippen LogP contribution in [0.1, 0.15) is 50.7 Å². The van der Waals surface area contributed by atoms with Crippen LogP contribution in [0.5, 0.6) is 0 Å². The first-order chi connectivity index (χ1) is 7.52. The summed E-state index contributed by atoms with van der Waals surface area (Å²) >= 11 is 0. The van der Waals surface area contributed by atoms with E-state index >= 15 is 0 Å². The van der Waals surface area contributed by atoms with Crippen molar-refractivity contribution in [3.63, 3.8) is 0 Å². The molecule has 0 spiro atoms. The predicted molar refractivity (Wildman–Crippen MR) is 67.7 cm³/mol. The molecule has 0 amide bonds. The van der Waals surface area contributed by atoms with Crippen molar-refractivity contribution < 1.29 is 5.11 Å². The topological polar surface area (TPSA) is 20.2 Å². The number of aliphatic hydroxyl groups is 1. The monoisotopic (exact) mass is 218 g/mol. The Morgan fingerprint density at radius 2 is 1.75 bits per heavy atom. The fourth-order valence-corrected chi connectivity index (χ4v) is 2.26. The molecule has 1 N–H and O–H groups in total. The van der Waals surface area contributed by atoms with Crippen molar-refractivity contribution in [3.05, 3.63) is 35.4 Å². The Bertz CT molecular complexity index is 341. The maximum atomic E-state index is 9.42. The van der Waals surface area contributed by atoms with Gasteiger partial charge in [-0.25, -0.2) is 0 Å². The second-order valence-electron chi connectivity index (χ2n) is 6.00. The van der Waals surface area contributed by atoms with Crippen LogP contribution in [-0.4, -0.2) is 11.7 Å². The third kappa shape index (κ3) is 2.46. The average Bonchev–Trinajstić information content (AvgIpc) is 3.03. The van der Waals surface area contributed by atoms with E-state index in [1.165, 1.54) is 24.0 Å². The van der Waals surface area contributed by atoms with Gasteiger partial charge in [-0.05, 0) is 35.3 Å². The number of hydrogen-bond acceptors (Lipinski definition) is 1. The fourth-order valence-electron chi connectivity index (χ4n) is 2.26. The van der Waals surface area contributed by atoms with Crippen LogP contribution >= 0.6 is 0 Å².